The Hall–Kier alpha value is -1.81. The number of nitrogen functional groups attached to an aromatic ring is 1. The molecule has 0 aliphatic carbocycles. The molecule has 0 heterocycles. The van der Waals surface area contributed by atoms with Crippen molar-refractivity contribution in [3.63, 3.8) is 0 Å². The predicted octanol–water partition coefficient (Wildman–Crippen LogP) is 5.06. The number of anilines is 2. The minimum atomic E-state index is -2.57. The summed E-state index contributed by atoms with van der Waals surface area (Å²) in [7, 11) is 1.78. The number of hydrogen-bond acceptors (Lipinski definition) is 2. The molecule has 1 atom stereocenters. The predicted molar refractivity (Wildman–Crippen MR) is 84.1 cm³/mol. The summed E-state index contributed by atoms with van der Waals surface area (Å²) in [5, 5.41) is 0.624. The molecule has 0 saturated carbocycles. The molecule has 0 fully saturated rings. The summed E-state index contributed by atoms with van der Waals surface area (Å²) in [5.74, 6) is 0. The lowest BCUT2D eigenvalue weighted by atomic mass is 10.0. The van der Waals surface area contributed by atoms with Gasteiger partial charge < -0.3 is 10.6 Å². The lowest BCUT2D eigenvalue weighted by Gasteiger charge is -2.29. The third-order valence-corrected chi connectivity index (χ3v) is 3.81. The Morgan fingerprint density at radius 2 is 1.86 bits per heavy atom. The van der Waals surface area contributed by atoms with Crippen LogP contribution in [0.2, 0.25) is 5.02 Å². The van der Waals surface area contributed by atoms with Crippen LogP contribution in [0.15, 0.2) is 42.5 Å². The molecule has 0 aliphatic heterocycles. The molecule has 0 radical (unpaired) electrons. The third kappa shape index (κ3) is 3.45. The number of nitrogens with two attached hydrogens (primary N) is 1. The van der Waals surface area contributed by atoms with E-state index in [1.54, 1.807) is 30.1 Å². The maximum atomic E-state index is 13.2. The second kappa shape index (κ2) is 6.31. The Balaban J connectivity index is 2.37. The molecule has 0 amide bonds. The van der Waals surface area contributed by atoms with Crippen molar-refractivity contribution in [2.24, 2.45) is 0 Å². The molecule has 2 nitrogen and oxygen atoms in total. The summed E-state index contributed by atoms with van der Waals surface area (Å²) < 4.78 is 26.4. The van der Waals surface area contributed by atoms with Crippen molar-refractivity contribution in [2.45, 2.75) is 19.4 Å². The highest BCUT2D eigenvalue weighted by atomic mass is 35.5. The fraction of sp³-hybridized carbons (Fsp3) is 0.250. The quantitative estimate of drug-likeness (QED) is 0.800. The van der Waals surface area contributed by atoms with Gasteiger partial charge >= 0.3 is 0 Å². The van der Waals surface area contributed by atoms with Gasteiger partial charge in [0.25, 0.3) is 6.43 Å². The van der Waals surface area contributed by atoms with Crippen LogP contribution in [0.5, 0.6) is 0 Å². The third-order valence-electron chi connectivity index (χ3n) is 3.58. The summed E-state index contributed by atoms with van der Waals surface area (Å²) in [4.78, 5) is 1.80. The Morgan fingerprint density at radius 3 is 2.48 bits per heavy atom. The van der Waals surface area contributed by atoms with E-state index >= 15 is 0 Å². The van der Waals surface area contributed by atoms with Gasteiger partial charge in [0.05, 0.1) is 6.04 Å². The van der Waals surface area contributed by atoms with Crippen molar-refractivity contribution in [3.05, 3.63) is 58.6 Å². The van der Waals surface area contributed by atoms with Gasteiger partial charge in [0, 0.05) is 29.0 Å². The largest absolute Gasteiger partial charge is 0.399 e. The van der Waals surface area contributed by atoms with Gasteiger partial charge in [0.2, 0.25) is 0 Å². The minimum absolute atomic E-state index is 0.0635. The molecule has 0 bridgehead atoms. The van der Waals surface area contributed by atoms with Crippen LogP contribution in [0.4, 0.5) is 20.2 Å². The maximum Gasteiger partial charge on any atom is 0.265 e. The van der Waals surface area contributed by atoms with Crippen LogP contribution in [-0.2, 0) is 0 Å². The smallest absolute Gasteiger partial charge is 0.265 e. The Morgan fingerprint density at radius 1 is 1.14 bits per heavy atom. The van der Waals surface area contributed by atoms with Crippen LogP contribution in [-0.4, -0.2) is 7.05 Å². The van der Waals surface area contributed by atoms with Gasteiger partial charge in [-0.2, -0.15) is 0 Å². The van der Waals surface area contributed by atoms with Crippen molar-refractivity contribution in [1.29, 1.82) is 0 Å². The molecular formula is C16H17ClF2N2. The van der Waals surface area contributed by atoms with Gasteiger partial charge in [0.15, 0.2) is 0 Å². The summed E-state index contributed by atoms with van der Waals surface area (Å²) in [6.07, 6.45) is -2.57. The van der Waals surface area contributed by atoms with Crippen molar-refractivity contribution in [3.8, 4) is 0 Å². The van der Waals surface area contributed by atoms with E-state index in [0.717, 1.165) is 5.56 Å². The molecule has 21 heavy (non-hydrogen) atoms. The number of hydrogen-bond donors (Lipinski definition) is 1. The molecule has 2 rings (SSSR count). The Bertz CT molecular complexity index is 631. The lowest BCUT2D eigenvalue weighted by Crippen LogP contribution is -2.23. The van der Waals surface area contributed by atoms with E-state index in [-0.39, 0.29) is 11.6 Å². The first-order valence-corrected chi connectivity index (χ1v) is 6.94. The van der Waals surface area contributed by atoms with E-state index in [9.17, 15) is 8.78 Å². The molecule has 0 aromatic heterocycles. The number of benzene rings is 2. The van der Waals surface area contributed by atoms with Crippen LogP contribution in [0.3, 0.4) is 0 Å². The van der Waals surface area contributed by atoms with Crippen molar-refractivity contribution in [2.75, 3.05) is 17.7 Å². The summed E-state index contributed by atoms with van der Waals surface area (Å²) in [6.45, 7) is 1.94. The van der Waals surface area contributed by atoms with E-state index in [0.29, 0.717) is 16.4 Å². The first-order valence-electron chi connectivity index (χ1n) is 6.56. The molecular weight excluding hydrogens is 294 g/mol. The molecule has 2 N–H and O–H groups in total. The molecule has 112 valence electrons. The van der Waals surface area contributed by atoms with E-state index in [1.165, 1.54) is 6.07 Å². The van der Waals surface area contributed by atoms with Crippen LogP contribution >= 0.6 is 11.6 Å². The van der Waals surface area contributed by atoms with Crippen LogP contribution in [0.1, 0.15) is 30.5 Å². The van der Waals surface area contributed by atoms with Crippen LogP contribution < -0.4 is 10.6 Å². The first-order chi connectivity index (χ1) is 9.90. The van der Waals surface area contributed by atoms with E-state index < -0.39 is 6.43 Å². The number of alkyl halides is 2. The molecule has 0 saturated heterocycles. The van der Waals surface area contributed by atoms with Gasteiger partial charge in [-0.15, -0.1) is 0 Å². The van der Waals surface area contributed by atoms with Gasteiger partial charge in [0.1, 0.15) is 0 Å². The fourth-order valence-electron chi connectivity index (χ4n) is 2.27. The summed E-state index contributed by atoms with van der Waals surface area (Å²) in [6, 6.07) is 11.9. The maximum absolute atomic E-state index is 13.2. The van der Waals surface area contributed by atoms with Gasteiger partial charge in [-0.1, -0.05) is 23.7 Å². The Labute approximate surface area is 128 Å². The standard InChI is InChI=1S/C16H17ClF2N2/c1-10(11-4-3-5-12(17)8-11)21(2)15-7-6-13(20)9-14(15)16(18)19/h3-10,16H,20H2,1-2H3. The first kappa shape index (κ1) is 15.6. The summed E-state index contributed by atoms with van der Waals surface area (Å²) >= 11 is 5.99. The highest BCUT2D eigenvalue weighted by Gasteiger charge is 2.20. The minimum Gasteiger partial charge on any atom is -0.399 e. The van der Waals surface area contributed by atoms with E-state index in [2.05, 4.69) is 0 Å². The molecule has 1 unspecified atom stereocenters. The second-order valence-corrected chi connectivity index (χ2v) is 5.40. The molecule has 2 aromatic carbocycles. The zero-order valence-electron chi connectivity index (χ0n) is 11.9. The van der Waals surface area contributed by atoms with Crippen molar-refractivity contribution < 1.29 is 8.78 Å². The zero-order valence-corrected chi connectivity index (χ0v) is 12.6. The SMILES string of the molecule is CC(c1cccc(Cl)c1)N(C)c1ccc(N)cc1C(F)F. The molecule has 0 aliphatic rings. The topological polar surface area (TPSA) is 29.3 Å². The normalized spacial score (nSPS) is 12.5. The van der Waals surface area contributed by atoms with Crippen LogP contribution in [0.25, 0.3) is 0 Å². The monoisotopic (exact) mass is 310 g/mol. The molecule has 5 heteroatoms. The van der Waals surface area contributed by atoms with E-state index in [4.69, 9.17) is 17.3 Å². The number of rotatable bonds is 4. The average molecular weight is 311 g/mol. The van der Waals surface area contributed by atoms with Crippen molar-refractivity contribution in [1.82, 2.24) is 0 Å². The van der Waals surface area contributed by atoms with Crippen LogP contribution in [0, 0.1) is 0 Å². The van der Waals surface area contributed by atoms with Gasteiger partial charge in [-0.3, -0.25) is 0 Å². The zero-order chi connectivity index (χ0) is 15.6. The van der Waals surface area contributed by atoms with Gasteiger partial charge in [-0.05, 0) is 42.8 Å². The van der Waals surface area contributed by atoms with Crippen molar-refractivity contribution >= 4 is 23.0 Å². The number of nitrogens with zero attached hydrogens (tertiary/aromatic N) is 1. The van der Waals surface area contributed by atoms with Gasteiger partial charge in [-0.25, -0.2) is 8.78 Å². The molecule has 2 aromatic rings. The fourth-order valence-corrected chi connectivity index (χ4v) is 2.47. The molecule has 0 spiro atoms. The second-order valence-electron chi connectivity index (χ2n) is 4.96. The lowest BCUT2D eigenvalue weighted by molar-refractivity contribution is 0.152. The number of halogens is 3. The average Bonchev–Trinajstić information content (AvgIpc) is 2.45. The highest BCUT2D eigenvalue weighted by molar-refractivity contribution is 6.30. The highest BCUT2D eigenvalue weighted by Crippen LogP contribution is 2.35. The Kier molecular flexibility index (Phi) is 4.68. The van der Waals surface area contributed by atoms with E-state index in [1.807, 2.05) is 25.1 Å². The summed E-state index contributed by atoms with van der Waals surface area (Å²) in [5.41, 5.74) is 7.30.